The van der Waals surface area contributed by atoms with Crippen LogP contribution in [0.1, 0.15) is 56.9 Å². The molecule has 27 heavy (non-hydrogen) atoms. The van der Waals surface area contributed by atoms with E-state index >= 15 is 0 Å². The first-order valence-electron chi connectivity index (χ1n) is 8.25. The molecular formula is C18H19BrN4O3S. The van der Waals surface area contributed by atoms with Crippen LogP contribution < -0.4 is 11.1 Å². The second-order valence-electron chi connectivity index (χ2n) is 6.40. The zero-order valence-corrected chi connectivity index (χ0v) is 17.7. The Morgan fingerprint density at radius 1 is 1.33 bits per heavy atom. The van der Waals surface area contributed by atoms with Gasteiger partial charge >= 0.3 is 0 Å². The van der Waals surface area contributed by atoms with Gasteiger partial charge in [0.1, 0.15) is 5.00 Å². The Kier molecular flexibility index (Phi) is 5.25. The molecule has 3 heterocycles. The van der Waals surface area contributed by atoms with E-state index in [0.29, 0.717) is 16.4 Å². The summed E-state index contributed by atoms with van der Waals surface area (Å²) >= 11 is 4.80. The number of amides is 2. The Bertz CT molecular complexity index is 1030. The molecule has 0 saturated heterocycles. The lowest BCUT2D eigenvalue weighted by Crippen LogP contribution is -2.16. The number of nitrogens with zero attached hydrogens (tertiary/aromatic N) is 2. The minimum absolute atomic E-state index is 0.114. The van der Waals surface area contributed by atoms with Crippen molar-refractivity contribution in [2.75, 3.05) is 5.32 Å². The topological polar surface area (TPSA) is 103 Å². The van der Waals surface area contributed by atoms with E-state index in [1.807, 2.05) is 27.7 Å². The molecule has 3 N–H and O–H groups in total. The maximum absolute atomic E-state index is 12.6. The number of thiophene rings is 1. The Morgan fingerprint density at radius 3 is 2.59 bits per heavy atom. The fourth-order valence-electron chi connectivity index (χ4n) is 2.54. The fraction of sp³-hybridized carbons (Fsp3) is 0.278. The number of carbonyl (C=O) groups excluding carboxylic acids is 2. The first-order chi connectivity index (χ1) is 12.7. The molecule has 0 aromatic carbocycles. The van der Waals surface area contributed by atoms with Gasteiger partial charge < -0.3 is 15.5 Å². The molecule has 3 aromatic rings. The number of halogens is 1. The van der Waals surface area contributed by atoms with Crippen molar-refractivity contribution in [1.29, 1.82) is 0 Å². The standard InChI is InChI=1S/C18H19BrN4O3S/c1-8(2)13-7-11(16(20)24)18(27-13)21-17(25)12-5-6-14(26-12)23-10(4)15(19)9(3)22-23/h5-8H,1-4H3,(H2,20,24)(H,21,25). The molecular weight excluding hydrogens is 432 g/mol. The van der Waals surface area contributed by atoms with Gasteiger partial charge in [0.2, 0.25) is 5.88 Å². The number of hydrogen-bond acceptors (Lipinski definition) is 5. The zero-order chi connectivity index (χ0) is 19.9. The maximum atomic E-state index is 12.6. The van der Waals surface area contributed by atoms with E-state index in [9.17, 15) is 9.59 Å². The highest BCUT2D eigenvalue weighted by Crippen LogP contribution is 2.33. The summed E-state index contributed by atoms with van der Waals surface area (Å²) in [6.45, 7) is 7.78. The van der Waals surface area contributed by atoms with E-state index in [-0.39, 0.29) is 11.7 Å². The zero-order valence-electron chi connectivity index (χ0n) is 15.3. The Morgan fingerprint density at radius 2 is 2.04 bits per heavy atom. The number of carbonyl (C=O) groups is 2. The third-order valence-electron chi connectivity index (χ3n) is 4.04. The number of aryl methyl sites for hydroxylation is 1. The molecule has 0 aliphatic rings. The number of primary amides is 1. The molecule has 0 unspecified atom stereocenters. The molecule has 0 spiro atoms. The van der Waals surface area contributed by atoms with Gasteiger partial charge in [0.25, 0.3) is 11.8 Å². The van der Waals surface area contributed by atoms with Gasteiger partial charge in [0.05, 0.1) is 21.4 Å². The van der Waals surface area contributed by atoms with E-state index < -0.39 is 11.8 Å². The van der Waals surface area contributed by atoms with Gasteiger partial charge in [-0.2, -0.15) is 5.10 Å². The maximum Gasteiger partial charge on any atom is 0.292 e. The first-order valence-corrected chi connectivity index (χ1v) is 9.86. The third kappa shape index (κ3) is 3.70. The van der Waals surface area contributed by atoms with E-state index in [2.05, 4.69) is 26.3 Å². The van der Waals surface area contributed by atoms with Gasteiger partial charge in [-0.15, -0.1) is 11.3 Å². The predicted molar refractivity (Wildman–Crippen MR) is 108 cm³/mol. The van der Waals surface area contributed by atoms with Crippen molar-refractivity contribution in [2.45, 2.75) is 33.6 Å². The molecule has 0 aliphatic carbocycles. The van der Waals surface area contributed by atoms with E-state index in [0.717, 1.165) is 20.7 Å². The second kappa shape index (κ2) is 7.32. The van der Waals surface area contributed by atoms with E-state index in [4.69, 9.17) is 10.2 Å². The quantitative estimate of drug-likeness (QED) is 0.601. The van der Waals surface area contributed by atoms with Gasteiger partial charge in [-0.3, -0.25) is 9.59 Å². The van der Waals surface area contributed by atoms with Crippen molar-refractivity contribution < 1.29 is 14.0 Å². The van der Waals surface area contributed by atoms with Gasteiger partial charge in [-0.1, -0.05) is 13.8 Å². The van der Waals surface area contributed by atoms with Crippen LogP contribution in [-0.4, -0.2) is 21.6 Å². The van der Waals surface area contributed by atoms with E-state index in [1.165, 1.54) is 11.3 Å². The summed E-state index contributed by atoms with van der Waals surface area (Å²) in [5.41, 5.74) is 7.42. The monoisotopic (exact) mass is 450 g/mol. The normalized spacial score (nSPS) is 11.2. The molecule has 0 bridgehead atoms. The SMILES string of the molecule is Cc1nn(-c2ccc(C(=O)Nc3sc(C(C)C)cc3C(N)=O)o2)c(C)c1Br. The number of nitrogens with two attached hydrogens (primary N) is 1. The molecule has 0 radical (unpaired) electrons. The summed E-state index contributed by atoms with van der Waals surface area (Å²) in [6.07, 6.45) is 0. The molecule has 142 valence electrons. The molecule has 0 fully saturated rings. The van der Waals surface area contributed by atoms with Crippen molar-refractivity contribution in [3.05, 3.63) is 50.3 Å². The van der Waals surface area contributed by atoms with Crippen LogP contribution in [0.5, 0.6) is 0 Å². The first kappa shape index (κ1) is 19.4. The van der Waals surface area contributed by atoms with Crippen LogP contribution in [0.4, 0.5) is 5.00 Å². The highest BCUT2D eigenvalue weighted by atomic mass is 79.9. The fourth-order valence-corrected chi connectivity index (χ4v) is 3.85. The predicted octanol–water partition coefficient (Wildman–Crippen LogP) is 4.38. The van der Waals surface area contributed by atoms with Crippen LogP contribution in [0, 0.1) is 13.8 Å². The minimum Gasteiger partial charge on any atom is -0.433 e. The lowest BCUT2D eigenvalue weighted by molar-refractivity contribution is 0.0996. The third-order valence-corrected chi connectivity index (χ3v) is 6.54. The van der Waals surface area contributed by atoms with Crippen LogP contribution in [0.15, 0.2) is 27.1 Å². The highest BCUT2D eigenvalue weighted by Gasteiger charge is 2.21. The summed E-state index contributed by atoms with van der Waals surface area (Å²) in [6, 6.07) is 4.95. The van der Waals surface area contributed by atoms with Gasteiger partial charge in [0, 0.05) is 10.9 Å². The van der Waals surface area contributed by atoms with E-state index in [1.54, 1.807) is 22.9 Å². The van der Waals surface area contributed by atoms with Crippen LogP contribution in [0.2, 0.25) is 0 Å². The van der Waals surface area contributed by atoms with Gasteiger partial charge in [-0.25, -0.2) is 4.68 Å². The number of hydrogen-bond donors (Lipinski definition) is 2. The van der Waals surface area contributed by atoms with Crippen molar-refractivity contribution in [3.63, 3.8) is 0 Å². The summed E-state index contributed by atoms with van der Waals surface area (Å²) in [5.74, 6) is -0.278. The number of rotatable bonds is 5. The van der Waals surface area contributed by atoms with Crippen LogP contribution in [-0.2, 0) is 0 Å². The Labute approximate surface area is 168 Å². The van der Waals surface area contributed by atoms with Crippen molar-refractivity contribution in [3.8, 4) is 5.88 Å². The van der Waals surface area contributed by atoms with Crippen LogP contribution in [0.3, 0.4) is 0 Å². The summed E-state index contributed by atoms with van der Waals surface area (Å²) in [5, 5.41) is 7.53. The van der Waals surface area contributed by atoms with Gasteiger partial charge in [-0.05, 0) is 47.8 Å². The largest absolute Gasteiger partial charge is 0.433 e. The van der Waals surface area contributed by atoms with Crippen molar-refractivity contribution in [1.82, 2.24) is 9.78 Å². The summed E-state index contributed by atoms with van der Waals surface area (Å²) in [4.78, 5) is 25.2. The minimum atomic E-state index is -0.582. The number of aromatic nitrogens is 2. The molecule has 3 aromatic heterocycles. The number of anilines is 1. The Hall–Kier alpha value is -2.39. The van der Waals surface area contributed by atoms with Gasteiger partial charge in [0.15, 0.2) is 5.76 Å². The summed E-state index contributed by atoms with van der Waals surface area (Å²) < 4.78 is 8.17. The molecule has 0 atom stereocenters. The molecule has 3 rings (SSSR count). The average molecular weight is 451 g/mol. The smallest absolute Gasteiger partial charge is 0.292 e. The lowest BCUT2D eigenvalue weighted by atomic mass is 10.1. The molecule has 0 aliphatic heterocycles. The highest BCUT2D eigenvalue weighted by molar-refractivity contribution is 9.10. The Balaban J connectivity index is 1.87. The van der Waals surface area contributed by atoms with Crippen molar-refractivity contribution in [2.24, 2.45) is 5.73 Å². The molecule has 7 nitrogen and oxygen atoms in total. The average Bonchev–Trinajstić information content (AvgIpc) is 3.29. The lowest BCUT2D eigenvalue weighted by Gasteiger charge is -2.03. The summed E-state index contributed by atoms with van der Waals surface area (Å²) in [7, 11) is 0. The van der Waals surface area contributed by atoms with Crippen molar-refractivity contribution >= 4 is 44.1 Å². The van der Waals surface area contributed by atoms with Crippen LogP contribution >= 0.6 is 27.3 Å². The number of furan rings is 1. The molecule has 2 amide bonds. The number of nitrogens with one attached hydrogen (secondary N) is 1. The molecule has 0 saturated carbocycles. The second-order valence-corrected chi connectivity index (χ2v) is 8.28. The molecule has 9 heteroatoms. The van der Waals surface area contributed by atoms with Crippen LogP contribution in [0.25, 0.3) is 5.88 Å².